The lowest BCUT2D eigenvalue weighted by molar-refractivity contribution is -0.177. The Balaban J connectivity index is 1.53. The van der Waals surface area contributed by atoms with Gasteiger partial charge in [0.2, 0.25) is 5.16 Å². The molecule has 4 rings (SSSR count). The molecule has 1 saturated heterocycles. The van der Waals surface area contributed by atoms with E-state index in [1.165, 1.54) is 4.68 Å². The number of hydrogen-bond donors (Lipinski definition) is 0. The number of esters is 1. The van der Waals surface area contributed by atoms with Gasteiger partial charge in [0.15, 0.2) is 11.0 Å². The molecule has 1 aromatic carbocycles. The van der Waals surface area contributed by atoms with E-state index >= 15 is 0 Å². The van der Waals surface area contributed by atoms with Gasteiger partial charge in [-0.25, -0.2) is 4.68 Å². The van der Waals surface area contributed by atoms with Crippen LogP contribution in [-0.2, 0) is 27.8 Å². The molecule has 10 heteroatoms. The van der Waals surface area contributed by atoms with Crippen molar-refractivity contribution >= 4 is 35.1 Å². The van der Waals surface area contributed by atoms with E-state index in [9.17, 15) is 9.59 Å². The molecule has 2 fully saturated rings. The standard InChI is InChI=1S/C21H25ClN4O4S/c1-26-20(23-24-25-26)31-18-16(27)12-21(30-19(18)28,14-5-3-4-6-14)10-9-13-7-8-17(29-2)15(22)11-13/h7-8,11,14,18H,3-6,9-10,12H2,1-2H3. The van der Waals surface area contributed by atoms with Gasteiger partial charge in [-0.15, -0.1) is 5.10 Å². The number of rotatable bonds is 7. The zero-order chi connectivity index (χ0) is 22.0. The van der Waals surface area contributed by atoms with Crippen molar-refractivity contribution < 1.29 is 19.1 Å². The van der Waals surface area contributed by atoms with Gasteiger partial charge in [-0.05, 0) is 59.7 Å². The first-order chi connectivity index (χ1) is 14.9. The number of nitrogens with zero attached hydrogens (tertiary/aromatic N) is 4. The lowest BCUT2D eigenvalue weighted by atomic mass is 9.76. The van der Waals surface area contributed by atoms with Crippen molar-refractivity contribution in [2.45, 2.75) is 61.0 Å². The van der Waals surface area contributed by atoms with Crippen LogP contribution < -0.4 is 4.74 Å². The number of Topliss-reactive ketones (excluding diaryl/α,β-unsaturated/α-hetero) is 1. The number of ether oxygens (including phenoxy) is 2. The monoisotopic (exact) mass is 464 g/mol. The van der Waals surface area contributed by atoms with Crippen LogP contribution in [0.4, 0.5) is 0 Å². The van der Waals surface area contributed by atoms with Crippen LogP contribution >= 0.6 is 23.4 Å². The number of carbonyl (C=O) groups excluding carboxylic acids is 2. The summed E-state index contributed by atoms with van der Waals surface area (Å²) in [5.74, 6) is 0.192. The number of aryl methyl sites for hydroxylation is 2. The first kappa shape index (κ1) is 22.1. The Bertz CT molecular complexity index is 958. The molecule has 1 saturated carbocycles. The number of benzene rings is 1. The van der Waals surface area contributed by atoms with Crippen LogP contribution in [0.2, 0.25) is 5.02 Å². The molecule has 1 aromatic heterocycles. The molecular formula is C21H25ClN4O4S. The Morgan fingerprint density at radius 3 is 2.71 bits per heavy atom. The maximum absolute atomic E-state index is 13.1. The third kappa shape index (κ3) is 4.57. The van der Waals surface area contributed by atoms with E-state index in [1.807, 2.05) is 18.2 Å². The number of methoxy groups -OCH3 is 1. The summed E-state index contributed by atoms with van der Waals surface area (Å²) >= 11 is 7.32. The Labute approximate surface area is 190 Å². The number of carbonyl (C=O) groups is 2. The molecule has 1 aliphatic heterocycles. The molecule has 8 nitrogen and oxygen atoms in total. The fourth-order valence-electron chi connectivity index (χ4n) is 4.59. The smallest absolute Gasteiger partial charge is 0.327 e. The summed E-state index contributed by atoms with van der Waals surface area (Å²) < 4.78 is 12.8. The zero-order valence-electron chi connectivity index (χ0n) is 17.5. The summed E-state index contributed by atoms with van der Waals surface area (Å²) in [6.07, 6.45) is 5.58. The van der Waals surface area contributed by atoms with Crippen molar-refractivity contribution in [2.75, 3.05) is 7.11 Å². The first-order valence-electron chi connectivity index (χ1n) is 10.4. The molecule has 2 heterocycles. The number of tetrazole rings is 1. The fourth-order valence-corrected chi connectivity index (χ4v) is 5.72. The Morgan fingerprint density at radius 2 is 2.10 bits per heavy atom. The highest BCUT2D eigenvalue weighted by atomic mass is 35.5. The Hall–Kier alpha value is -2.13. The van der Waals surface area contributed by atoms with E-state index < -0.39 is 16.8 Å². The number of cyclic esters (lactones) is 1. The maximum Gasteiger partial charge on any atom is 0.327 e. The van der Waals surface area contributed by atoms with Gasteiger partial charge in [-0.1, -0.05) is 42.3 Å². The van der Waals surface area contributed by atoms with Gasteiger partial charge in [0.25, 0.3) is 0 Å². The van der Waals surface area contributed by atoms with Crippen LogP contribution in [0.1, 0.15) is 44.1 Å². The minimum Gasteiger partial charge on any atom is -0.495 e. The van der Waals surface area contributed by atoms with Crippen molar-refractivity contribution in [1.29, 1.82) is 0 Å². The van der Waals surface area contributed by atoms with Gasteiger partial charge in [0, 0.05) is 13.5 Å². The second-order valence-corrected chi connectivity index (χ2v) is 9.64. The topological polar surface area (TPSA) is 96.2 Å². The molecule has 0 radical (unpaired) electrons. The van der Waals surface area contributed by atoms with Crippen molar-refractivity contribution in [1.82, 2.24) is 20.2 Å². The highest BCUT2D eigenvalue weighted by molar-refractivity contribution is 8.01. The summed E-state index contributed by atoms with van der Waals surface area (Å²) in [4.78, 5) is 26.1. The van der Waals surface area contributed by atoms with E-state index in [1.54, 1.807) is 14.2 Å². The van der Waals surface area contributed by atoms with Crippen LogP contribution in [0.25, 0.3) is 0 Å². The molecule has 1 aliphatic carbocycles. The van der Waals surface area contributed by atoms with Gasteiger partial charge in [-0.3, -0.25) is 9.59 Å². The molecule has 2 aliphatic rings. The summed E-state index contributed by atoms with van der Waals surface area (Å²) in [6, 6.07) is 5.66. The molecular weight excluding hydrogens is 440 g/mol. The summed E-state index contributed by atoms with van der Waals surface area (Å²) in [7, 11) is 3.25. The second-order valence-electron chi connectivity index (χ2n) is 8.16. The maximum atomic E-state index is 13.1. The van der Waals surface area contributed by atoms with Crippen LogP contribution in [0.15, 0.2) is 23.4 Å². The number of ketones is 1. The third-order valence-electron chi connectivity index (χ3n) is 6.24. The van der Waals surface area contributed by atoms with Gasteiger partial charge < -0.3 is 9.47 Å². The van der Waals surface area contributed by atoms with Crippen molar-refractivity contribution in [3.05, 3.63) is 28.8 Å². The van der Waals surface area contributed by atoms with Gasteiger partial charge in [0.05, 0.1) is 12.1 Å². The van der Waals surface area contributed by atoms with Crippen LogP contribution in [-0.4, -0.2) is 49.9 Å². The second kappa shape index (κ2) is 9.16. The molecule has 2 aromatic rings. The highest BCUT2D eigenvalue weighted by Crippen LogP contribution is 2.45. The number of halogens is 1. The molecule has 2 unspecified atom stereocenters. The number of thioether (sulfide) groups is 1. The Kier molecular flexibility index (Phi) is 6.52. The number of hydrogen-bond acceptors (Lipinski definition) is 8. The molecule has 0 N–H and O–H groups in total. The minimum absolute atomic E-state index is 0.121. The molecule has 0 bridgehead atoms. The van der Waals surface area contributed by atoms with Gasteiger partial charge >= 0.3 is 5.97 Å². The molecule has 0 spiro atoms. The molecule has 31 heavy (non-hydrogen) atoms. The van der Waals surface area contributed by atoms with E-state index in [0.717, 1.165) is 43.0 Å². The largest absolute Gasteiger partial charge is 0.495 e. The van der Waals surface area contributed by atoms with E-state index in [-0.39, 0.29) is 18.1 Å². The zero-order valence-corrected chi connectivity index (χ0v) is 19.1. The third-order valence-corrected chi connectivity index (χ3v) is 7.78. The Morgan fingerprint density at radius 1 is 1.32 bits per heavy atom. The minimum atomic E-state index is -0.936. The van der Waals surface area contributed by atoms with Crippen molar-refractivity contribution in [3.63, 3.8) is 0 Å². The van der Waals surface area contributed by atoms with Crippen molar-refractivity contribution in [3.8, 4) is 5.75 Å². The highest BCUT2D eigenvalue weighted by Gasteiger charge is 2.52. The van der Waals surface area contributed by atoms with E-state index in [0.29, 0.717) is 28.8 Å². The van der Waals surface area contributed by atoms with Crippen LogP contribution in [0, 0.1) is 5.92 Å². The van der Waals surface area contributed by atoms with Gasteiger partial charge in [-0.2, -0.15) is 0 Å². The summed E-state index contributed by atoms with van der Waals surface area (Å²) in [5, 5.41) is 11.2. The average molecular weight is 465 g/mol. The van der Waals surface area contributed by atoms with E-state index in [4.69, 9.17) is 21.1 Å². The van der Waals surface area contributed by atoms with Gasteiger partial charge in [0.1, 0.15) is 11.4 Å². The molecule has 166 valence electrons. The lowest BCUT2D eigenvalue weighted by Crippen LogP contribution is -2.53. The molecule has 2 atom stereocenters. The summed E-state index contributed by atoms with van der Waals surface area (Å²) in [5.41, 5.74) is 0.250. The van der Waals surface area contributed by atoms with Crippen LogP contribution in [0.5, 0.6) is 5.75 Å². The normalized spacial score (nSPS) is 24.4. The van der Waals surface area contributed by atoms with Crippen LogP contribution in [0.3, 0.4) is 0 Å². The van der Waals surface area contributed by atoms with Crippen molar-refractivity contribution in [2.24, 2.45) is 13.0 Å². The van der Waals surface area contributed by atoms with E-state index in [2.05, 4.69) is 15.5 Å². The number of aromatic nitrogens is 4. The summed E-state index contributed by atoms with van der Waals surface area (Å²) in [6.45, 7) is 0. The predicted molar refractivity (Wildman–Crippen MR) is 115 cm³/mol. The predicted octanol–water partition coefficient (Wildman–Crippen LogP) is 3.41. The first-order valence-corrected chi connectivity index (χ1v) is 11.6. The average Bonchev–Trinajstić information content (AvgIpc) is 3.42. The quantitative estimate of drug-likeness (QED) is 0.454. The fraction of sp³-hybridized carbons (Fsp3) is 0.571. The lowest BCUT2D eigenvalue weighted by Gasteiger charge is -2.42. The SMILES string of the molecule is COc1ccc(CCC2(C3CCCC3)CC(=O)C(Sc3nnnn3C)C(=O)O2)cc1Cl. The molecule has 0 amide bonds.